The van der Waals surface area contributed by atoms with Crippen LogP contribution in [0, 0.1) is 11.3 Å². The summed E-state index contributed by atoms with van der Waals surface area (Å²) in [6, 6.07) is 4.69. The topological polar surface area (TPSA) is 75.3 Å². The molecule has 3 rings (SSSR count). The summed E-state index contributed by atoms with van der Waals surface area (Å²) in [4.78, 5) is 37.4. The van der Waals surface area contributed by atoms with Crippen molar-refractivity contribution in [3.63, 3.8) is 0 Å². The van der Waals surface area contributed by atoms with Crippen LogP contribution in [0.3, 0.4) is 0 Å². The molecule has 0 saturated carbocycles. The van der Waals surface area contributed by atoms with E-state index in [1.165, 1.54) is 0 Å². The first-order valence-electron chi connectivity index (χ1n) is 7.98. The van der Waals surface area contributed by atoms with Crippen LogP contribution in [-0.4, -0.2) is 17.6 Å². The third-order valence-electron chi connectivity index (χ3n) is 4.39. The molecular weight excluding hydrogens is 363 g/mol. The monoisotopic (exact) mass is 380 g/mol. The van der Waals surface area contributed by atoms with E-state index in [1.54, 1.807) is 18.2 Å². The lowest BCUT2D eigenvalue weighted by molar-refractivity contribution is -0.129. The minimum Gasteiger partial charge on any atom is -0.329 e. The van der Waals surface area contributed by atoms with Crippen LogP contribution in [0.5, 0.6) is 0 Å². The van der Waals surface area contributed by atoms with Gasteiger partial charge in [-0.05, 0) is 30.0 Å². The maximum Gasteiger partial charge on any atom is 0.232 e. The standard InChI is InChI=1S/C18H18Cl2N2O3/c1-18(2)7-13-16(14(23)8-18)12(6-15(24)22-13)17(25)21-11-4-9(19)3-10(20)5-11/h3-5,12H,6-8H2,1-2H3,(H,21,25)(H,22,24). The molecule has 0 saturated heterocycles. The molecule has 0 spiro atoms. The van der Waals surface area contributed by atoms with Gasteiger partial charge in [0.2, 0.25) is 11.8 Å². The fraction of sp³-hybridized carbons (Fsp3) is 0.389. The summed E-state index contributed by atoms with van der Waals surface area (Å²) in [5.74, 6) is -1.55. The van der Waals surface area contributed by atoms with Gasteiger partial charge in [0.15, 0.2) is 5.78 Å². The van der Waals surface area contributed by atoms with Crippen molar-refractivity contribution in [1.29, 1.82) is 0 Å². The molecule has 7 heteroatoms. The van der Waals surface area contributed by atoms with Gasteiger partial charge in [0.25, 0.3) is 0 Å². The predicted molar refractivity (Wildman–Crippen MR) is 96.4 cm³/mol. The molecule has 0 radical (unpaired) electrons. The number of nitrogens with one attached hydrogen (secondary N) is 2. The van der Waals surface area contributed by atoms with Gasteiger partial charge in [0.05, 0.1) is 5.92 Å². The number of anilines is 1. The van der Waals surface area contributed by atoms with E-state index in [-0.39, 0.29) is 23.5 Å². The van der Waals surface area contributed by atoms with Crippen molar-refractivity contribution in [2.75, 3.05) is 5.32 Å². The van der Waals surface area contributed by atoms with Crippen LogP contribution in [0.15, 0.2) is 29.5 Å². The van der Waals surface area contributed by atoms with Crippen molar-refractivity contribution in [2.24, 2.45) is 11.3 Å². The van der Waals surface area contributed by atoms with E-state index in [1.807, 2.05) is 13.8 Å². The molecule has 25 heavy (non-hydrogen) atoms. The Bertz CT molecular complexity index is 794. The van der Waals surface area contributed by atoms with Crippen LogP contribution in [-0.2, 0) is 14.4 Å². The Morgan fingerprint density at radius 2 is 1.80 bits per heavy atom. The second-order valence-electron chi connectivity index (χ2n) is 7.29. The quantitative estimate of drug-likeness (QED) is 0.820. The largest absolute Gasteiger partial charge is 0.329 e. The highest BCUT2D eigenvalue weighted by Crippen LogP contribution is 2.41. The van der Waals surface area contributed by atoms with E-state index in [0.29, 0.717) is 39.8 Å². The number of allylic oxidation sites excluding steroid dienone is 1. The van der Waals surface area contributed by atoms with Crippen LogP contribution >= 0.6 is 23.2 Å². The summed E-state index contributed by atoms with van der Waals surface area (Å²) in [6.07, 6.45) is 0.867. The first-order valence-corrected chi connectivity index (χ1v) is 8.73. The number of amides is 2. The minimum atomic E-state index is -0.801. The van der Waals surface area contributed by atoms with Crippen molar-refractivity contribution in [2.45, 2.75) is 33.1 Å². The Morgan fingerprint density at radius 3 is 2.44 bits per heavy atom. The van der Waals surface area contributed by atoms with E-state index >= 15 is 0 Å². The van der Waals surface area contributed by atoms with Gasteiger partial charge in [-0.3, -0.25) is 14.4 Å². The molecular formula is C18H18Cl2N2O3. The van der Waals surface area contributed by atoms with Crippen molar-refractivity contribution >= 4 is 46.5 Å². The molecule has 132 valence electrons. The molecule has 0 bridgehead atoms. The van der Waals surface area contributed by atoms with Gasteiger partial charge in [0, 0.05) is 39.8 Å². The number of ketones is 1. The normalized spacial score (nSPS) is 22.3. The van der Waals surface area contributed by atoms with Gasteiger partial charge in [-0.25, -0.2) is 0 Å². The zero-order chi connectivity index (χ0) is 18.4. The van der Waals surface area contributed by atoms with Gasteiger partial charge < -0.3 is 10.6 Å². The SMILES string of the molecule is CC1(C)CC(=O)C2=C(C1)NC(=O)CC2C(=O)Nc1cc(Cl)cc(Cl)c1. The first-order chi connectivity index (χ1) is 11.6. The molecule has 0 aromatic heterocycles. The van der Waals surface area contributed by atoms with E-state index in [0.717, 1.165) is 0 Å². The number of carbonyl (C=O) groups excluding carboxylic acids is 3. The molecule has 1 aliphatic carbocycles. The Labute approximate surface area is 155 Å². The van der Waals surface area contributed by atoms with Gasteiger partial charge in [-0.2, -0.15) is 0 Å². The second-order valence-corrected chi connectivity index (χ2v) is 8.16. The number of Topliss-reactive ketones (excluding diaryl/α,β-unsaturated/α-hetero) is 1. The Morgan fingerprint density at radius 1 is 1.16 bits per heavy atom. The predicted octanol–water partition coefficient (Wildman–Crippen LogP) is 3.71. The molecule has 5 nitrogen and oxygen atoms in total. The highest BCUT2D eigenvalue weighted by molar-refractivity contribution is 6.35. The number of hydrogen-bond acceptors (Lipinski definition) is 3. The highest BCUT2D eigenvalue weighted by atomic mass is 35.5. The van der Waals surface area contributed by atoms with Gasteiger partial charge in [-0.1, -0.05) is 37.0 Å². The van der Waals surface area contributed by atoms with E-state index in [2.05, 4.69) is 10.6 Å². The number of hydrogen-bond donors (Lipinski definition) is 2. The second kappa shape index (κ2) is 6.46. The lowest BCUT2D eigenvalue weighted by atomic mass is 9.71. The summed E-state index contributed by atoms with van der Waals surface area (Å²) in [6.45, 7) is 3.94. The molecule has 1 aromatic rings. The molecule has 2 N–H and O–H groups in total. The third-order valence-corrected chi connectivity index (χ3v) is 4.83. The maximum absolute atomic E-state index is 12.7. The molecule has 0 fully saturated rings. The maximum atomic E-state index is 12.7. The Hall–Kier alpha value is -1.85. The molecule has 1 atom stereocenters. The minimum absolute atomic E-state index is 0.0505. The van der Waals surface area contributed by atoms with Gasteiger partial charge in [-0.15, -0.1) is 0 Å². The average molecular weight is 381 g/mol. The average Bonchev–Trinajstić information content (AvgIpc) is 2.43. The fourth-order valence-corrected chi connectivity index (χ4v) is 3.96. The Balaban J connectivity index is 1.91. The van der Waals surface area contributed by atoms with Crippen molar-refractivity contribution in [3.05, 3.63) is 39.5 Å². The Kier molecular flexibility index (Phi) is 4.64. The third kappa shape index (κ3) is 3.88. The molecule has 1 aromatic carbocycles. The van der Waals surface area contributed by atoms with Crippen molar-refractivity contribution < 1.29 is 14.4 Å². The first kappa shape index (κ1) is 18.0. The molecule has 2 amide bonds. The van der Waals surface area contributed by atoms with E-state index < -0.39 is 11.8 Å². The zero-order valence-corrected chi connectivity index (χ0v) is 15.4. The fourth-order valence-electron chi connectivity index (χ4n) is 3.44. The number of rotatable bonds is 2. The zero-order valence-electron chi connectivity index (χ0n) is 13.9. The summed E-state index contributed by atoms with van der Waals surface area (Å²) in [5.41, 5.74) is 1.19. The van der Waals surface area contributed by atoms with Crippen molar-refractivity contribution in [1.82, 2.24) is 5.32 Å². The summed E-state index contributed by atoms with van der Waals surface area (Å²) < 4.78 is 0. The molecule has 1 unspecified atom stereocenters. The van der Waals surface area contributed by atoms with Crippen LogP contribution in [0.4, 0.5) is 5.69 Å². The van der Waals surface area contributed by atoms with Crippen LogP contribution in [0.2, 0.25) is 10.0 Å². The number of benzene rings is 1. The number of halogens is 2. The van der Waals surface area contributed by atoms with Crippen molar-refractivity contribution in [3.8, 4) is 0 Å². The van der Waals surface area contributed by atoms with Gasteiger partial charge in [0.1, 0.15) is 0 Å². The highest BCUT2D eigenvalue weighted by Gasteiger charge is 2.42. The smallest absolute Gasteiger partial charge is 0.232 e. The molecule has 2 aliphatic rings. The lowest BCUT2D eigenvalue weighted by Crippen LogP contribution is -2.44. The van der Waals surface area contributed by atoms with Crippen LogP contribution in [0.1, 0.15) is 33.1 Å². The summed E-state index contributed by atoms with van der Waals surface area (Å²) >= 11 is 11.9. The lowest BCUT2D eigenvalue weighted by Gasteiger charge is -2.37. The van der Waals surface area contributed by atoms with Crippen LogP contribution in [0.25, 0.3) is 0 Å². The van der Waals surface area contributed by atoms with Gasteiger partial charge >= 0.3 is 0 Å². The van der Waals surface area contributed by atoms with E-state index in [9.17, 15) is 14.4 Å². The molecule has 1 heterocycles. The van der Waals surface area contributed by atoms with E-state index in [4.69, 9.17) is 23.2 Å². The number of carbonyl (C=O) groups is 3. The summed E-state index contributed by atoms with van der Waals surface area (Å²) in [5, 5.41) is 6.26. The molecule has 1 aliphatic heterocycles. The van der Waals surface area contributed by atoms with Crippen LogP contribution < -0.4 is 10.6 Å². The summed E-state index contributed by atoms with van der Waals surface area (Å²) in [7, 11) is 0.